The van der Waals surface area contributed by atoms with E-state index in [-0.39, 0.29) is 5.78 Å². The van der Waals surface area contributed by atoms with Gasteiger partial charge in [-0.1, -0.05) is 29.4 Å². The third-order valence-electron chi connectivity index (χ3n) is 6.68. The number of ketones is 1. The summed E-state index contributed by atoms with van der Waals surface area (Å²) in [6.45, 7) is 3.99. The Morgan fingerprint density at radius 2 is 1.91 bits per heavy atom. The number of fused-ring (bicyclic) bond motifs is 2. The summed E-state index contributed by atoms with van der Waals surface area (Å²) in [5, 5.41) is 8.63. The second-order valence-electron chi connectivity index (χ2n) is 8.44. The second-order valence-corrected chi connectivity index (χ2v) is 8.44. The zero-order valence-electron chi connectivity index (χ0n) is 18.0. The van der Waals surface area contributed by atoms with Crippen molar-refractivity contribution in [3.8, 4) is 11.3 Å². The summed E-state index contributed by atoms with van der Waals surface area (Å²) in [4.78, 5) is 15.8. The highest BCUT2D eigenvalue weighted by atomic mass is 16.7. The number of ether oxygens (including phenoxy) is 3. The van der Waals surface area contributed by atoms with Crippen molar-refractivity contribution in [2.75, 3.05) is 56.8 Å². The number of carbonyl (C=O) groups excluding carboxylic acids is 1. The van der Waals surface area contributed by atoms with Gasteiger partial charge in [0.1, 0.15) is 5.52 Å². The van der Waals surface area contributed by atoms with Crippen molar-refractivity contribution in [1.29, 1.82) is 0 Å². The van der Waals surface area contributed by atoms with Crippen molar-refractivity contribution in [3.05, 3.63) is 41.5 Å². The predicted octanol–water partition coefficient (Wildman–Crippen LogP) is 3.44. The van der Waals surface area contributed by atoms with Gasteiger partial charge in [0.05, 0.1) is 36.5 Å². The van der Waals surface area contributed by atoms with Gasteiger partial charge in [-0.2, -0.15) is 0 Å². The molecule has 1 spiro atoms. The van der Waals surface area contributed by atoms with E-state index in [1.54, 1.807) is 7.11 Å². The van der Waals surface area contributed by atoms with Crippen LogP contribution in [-0.2, 0) is 14.2 Å². The maximum absolute atomic E-state index is 13.5. The highest BCUT2D eigenvalue weighted by molar-refractivity contribution is 6.28. The van der Waals surface area contributed by atoms with Crippen molar-refractivity contribution in [2.45, 2.75) is 18.6 Å². The molecule has 2 fully saturated rings. The normalized spacial score (nSPS) is 19.0. The average Bonchev–Trinajstić information content (AvgIpc) is 3.46. The fourth-order valence-corrected chi connectivity index (χ4v) is 5.08. The van der Waals surface area contributed by atoms with Crippen molar-refractivity contribution >= 4 is 28.1 Å². The molecule has 0 saturated carbocycles. The Hall–Kier alpha value is -2.94. The summed E-state index contributed by atoms with van der Waals surface area (Å²) in [6.07, 6.45) is 1.57. The maximum Gasteiger partial charge on any atom is 0.196 e. The number of hydrogen-bond acceptors (Lipinski definition) is 8. The largest absolute Gasteiger partial charge is 0.383 e. The first kappa shape index (κ1) is 19.7. The molecule has 3 heterocycles. The number of methoxy groups -OCH3 is 1. The van der Waals surface area contributed by atoms with E-state index in [0.717, 1.165) is 53.8 Å². The molecule has 0 radical (unpaired) electrons. The molecule has 3 aliphatic rings. The first-order valence-corrected chi connectivity index (χ1v) is 11.1. The molecule has 1 N–H and O–H groups in total. The Balaban J connectivity index is 1.47. The molecule has 32 heavy (non-hydrogen) atoms. The van der Waals surface area contributed by atoms with E-state index in [1.807, 2.05) is 30.3 Å². The fourth-order valence-electron chi connectivity index (χ4n) is 5.08. The highest BCUT2D eigenvalue weighted by Gasteiger charge is 2.41. The van der Waals surface area contributed by atoms with Crippen molar-refractivity contribution in [2.24, 2.45) is 0 Å². The summed E-state index contributed by atoms with van der Waals surface area (Å²) in [5.74, 6) is 0.181. The quantitative estimate of drug-likeness (QED) is 0.477. The third-order valence-corrected chi connectivity index (χ3v) is 6.68. The molecule has 0 unspecified atom stereocenters. The Bertz CT molecular complexity index is 1190. The van der Waals surface area contributed by atoms with Gasteiger partial charge in [0.2, 0.25) is 0 Å². The van der Waals surface area contributed by atoms with Crippen LogP contribution in [0.3, 0.4) is 0 Å². The average molecular weight is 435 g/mol. The molecule has 2 saturated heterocycles. The lowest BCUT2D eigenvalue weighted by atomic mass is 9.86. The molecule has 0 atom stereocenters. The lowest BCUT2D eigenvalue weighted by Crippen LogP contribution is -2.45. The number of hydrogen-bond donors (Lipinski definition) is 1. The smallest absolute Gasteiger partial charge is 0.196 e. The van der Waals surface area contributed by atoms with Gasteiger partial charge in [-0.25, -0.2) is 0 Å². The van der Waals surface area contributed by atoms with E-state index in [1.165, 1.54) is 0 Å². The summed E-state index contributed by atoms with van der Waals surface area (Å²) in [6, 6.07) is 9.57. The van der Waals surface area contributed by atoms with Gasteiger partial charge in [0.25, 0.3) is 0 Å². The molecule has 0 bridgehead atoms. The van der Waals surface area contributed by atoms with Gasteiger partial charge >= 0.3 is 0 Å². The second kappa shape index (κ2) is 7.58. The lowest BCUT2D eigenvalue weighted by Gasteiger charge is -2.39. The van der Waals surface area contributed by atoms with E-state index in [4.69, 9.17) is 18.7 Å². The number of nitrogens with zero attached hydrogens (tertiary/aromatic N) is 2. The molecule has 6 rings (SSSR count). The number of piperidine rings is 1. The minimum atomic E-state index is -0.454. The standard InChI is InChI=1S/C24H25N3O5/c1-29-11-8-25-17-14-18(27-9-6-24(7-10-27)30-12-13-31-24)21-20-19(17)22(28)15-4-2-3-5-16(15)23(20)32-26-21/h2-5,14,25H,6-13H2,1H3. The number of nitrogens with one attached hydrogen (secondary N) is 1. The van der Waals surface area contributed by atoms with Gasteiger partial charge in [-0.3, -0.25) is 4.79 Å². The topological polar surface area (TPSA) is 86.1 Å². The number of aromatic nitrogens is 1. The number of carbonyl (C=O) groups is 1. The molecule has 1 aromatic heterocycles. The van der Waals surface area contributed by atoms with Crippen LogP contribution in [0.15, 0.2) is 34.9 Å². The minimum absolute atomic E-state index is 0.0156. The Morgan fingerprint density at radius 1 is 1.16 bits per heavy atom. The van der Waals surface area contributed by atoms with Crippen molar-refractivity contribution in [1.82, 2.24) is 5.16 Å². The van der Waals surface area contributed by atoms with Crippen LogP contribution in [0.4, 0.5) is 11.4 Å². The molecule has 0 amide bonds. The SMILES string of the molecule is COCCNc1cc(N2CCC3(CC2)OCCO3)c2noc3c2c1C(=O)c1ccccc1-3. The molecule has 8 heteroatoms. The molecule has 3 aromatic rings. The van der Waals surface area contributed by atoms with Gasteiger partial charge < -0.3 is 29.0 Å². The molecular weight excluding hydrogens is 410 g/mol. The van der Waals surface area contributed by atoms with Gasteiger partial charge in [-0.05, 0) is 6.07 Å². The summed E-state index contributed by atoms with van der Waals surface area (Å²) >= 11 is 0. The van der Waals surface area contributed by atoms with E-state index in [9.17, 15) is 4.79 Å². The molecule has 2 aromatic carbocycles. The maximum atomic E-state index is 13.5. The van der Waals surface area contributed by atoms with E-state index in [2.05, 4.69) is 15.4 Å². The van der Waals surface area contributed by atoms with Crippen LogP contribution in [0.25, 0.3) is 22.2 Å². The minimum Gasteiger partial charge on any atom is -0.383 e. The first-order chi connectivity index (χ1) is 15.7. The first-order valence-electron chi connectivity index (χ1n) is 11.1. The van der Waals surface area contributed by atoms with E-state index >= 15 is 0 Å². The zero-order chi connectivity index (χ0) is 21.7. The van der Waals surface area contributed by atoms with Gasteiger partial charge in [0.15, 0.2) is 17.3 Å². The lowest BCUT2D eigenvalue weighted by molar-refractivity contribution is -0.169. The summed E-state index contributed by atoms with van der Waals surface area (Å²) in [7, 11) is 1.66. The van der Waals surface area contributed by atoms with E-state index in [0.29, 0.717) is 43.3 Å². The monoisotopic (exact) mass is 435 g/mol. The number of rotatable bonds is 5. The molecule has 166 valence electrons. The fraction of sp³-hybridized carbons (Fsp3) is 0.417. The van der Waals surface area contributed by atoms with Crippen LogP contribution in [0.2, 0.25) is 0 Å². The Kier molecular flexibility index (Phi) is 4.67. The molecule has 2 aliphatic heterocycles. The number of anilines is 2. The zero-order valence-corrected chi connectivity index (χ0v) is 18.0. The van der Waals surface area contributed by atoms with Crippen LogP contribution in [-0.4, -0.2) is 63.3 Å². The van der Waals surface area contributed by atoms with Gasteiger partial charge in [-0.15, -0.1) is 0 Å². The summed E-state index contributed by atoms with van der Waals surface area (Å²) in [5.41, 5.74) is 4.50. The number of benzene rings is 2. The Morgan fingerprint density at radius 3 is 2.66 bits per heavy atom. The van der Waals surface area contributed by atoms with Gasteiger partial charge in [0, 0.05) is 56.4 Å². The van der Waals surface area contributed by atoms with Crippen LogP contribution >= 0.6 is 0 Å². The molecule has 1 aliphatic carbocycles. The molecular formula is C24H25N3O5. The van der Waals surface area contributed by atoms with Crippen molar-refractivity contribution in [3.63, 3.8) is 0 Å². The highest BCUT2D eigenvalue weighted by Crippen LogP contribution is 2.46. The molecule has 8 nitrogen and oxygen atoms in total. The Labute approximate surface area is 185 Å². The summed E-state index contributed by atoms with van der Waals surface area (Å²) < 4.78 is 22.8. The van der Waals surface area contributed by atoms with Crippen LogP contribution in [0.5, 0.6) is 0 Å². The van der Waals surface area contributed by atoms with Crippen molar-refractivity contribution < 1.29 is 23.5 Å². The predicted molar refractivity (Wildman–Crippen MR) is 119 cm³/mol. The van der Waals surface area contributed by atoms with E-state index < -0.39 is 5.79 Å². The van der Waals surface area contributed by atoms with Crippen LogP contribution < -0.4 is 10.2 Å². The third kappa shape index (κ3) is 2.94. The van der Waals surface area contributed by atoms with Crippen LogP contribution in [0, 0.1) is 0 Å². The van der Waals surface area contributed by atoms with Crippen LogP contribution in [0.1, 0.15) is 28.8 Å².